The summed E-state index contributed by atoms with van der Waals surface area (Å²) in [6, 6.07) is 18.0. The third-order valence-corrected chi connectivity index (χ3v) is 4.60. The number of ether oxygens (including phenoxy) is 1. The van der Waals surface area contributed by atoms with E-state index >= 15 is 0 Å². The smallest absolute Gasteiger partial charge is 0.257 e. The van der Waals surface area contributed by atoms with E-state index in [-0.39, 0.29) is 18.3 Å². The number of para-hydroxylation sites is 1. The molecule has 4 N–H and O–H groups in total. The molecule has 0 spiro atoms. The maximum absolute atomic E-state index is 13.6. The lowest BCUT2D eigenvalue weighted by Gasteiger charge is -2.11. The van der Waals surface area contributed by atoms with Crippen molar-refractivity contribution in [1.29, 1.82) is 0 Å². The molecule has 4 rings (SSSR count). The Labute approximate surface area is 177 Å². The summed E-state index contributed by atoms with van der Waals surface area (Å²) in [6.45, 7) is -0.467. The number of rotatable bonds is 7. The van der Waals surface area contributed by atoms with Crippen molar-refractivity contribution in [3.63, 3.8) is 0 Å². The molecule has 0 radical (unpaired) electrons. The molecule has 7 nitrogen and oxygen atoms in total. The van der Waals surface area contributed by atoms with Gasteiger partial charge in [-0.15, -0.1) is 0 Å². The van der Waals surface area contributed by atoms with Gasteiger partial charge in [-0.3, -0.25) is 4.79 Å². The van der Waals surface area contributed by atoms with Gasteiger partial charge in [-0.25, -0.2) is 9.37 Å². The Morgan fingerprint density at radius 3 is 2.74 bits per heavy atom. The van der Waals surface area contributed by atoms with Gasteiger partial charge in [0, 0.05) is 17.3 Å². The number of anilines is 1. The monoisotopic (exact) mass is 421 g/mol. The fraction of sp³-hybridized carbons (Fsp3) is 0.130. The minimum Gasteiger partial charge on any atom is -0.491 e. The van der Waals surface area contributed by atoms with Gasteiger partial charge in [0.2, 0.25) is 0 Å². The van der Waals surface area contributed by atoms with E-state index in [1.54, 1.807) is 54.6 Å². The van der Waals surface area contributed by atoms with Crippen LogP contribution in [0.2, 0.25) is 0 Å². The maximum Gasteiger partial charge on any atom is 0.257 e. The van der Waals surface area contributed by atoms with E-state index in [2.05, 4.69) is 15.3 Å². The van der Waals surface area contributed by atoms with Gasteiger partial charge in [-0.05, 0) is 36.4 Å². The Morgan fingerprint density at radius 1 is 1.13 bits per heavy atom. The van der Waals surface area contributed by atoms with Crippen molar-refractivity contribution in [3.8, 4) is 17.1 Å². The van der Waals surface area contributed by atoms with Crippen LogP contribution in [0, 0.1) is 5.82 Å². The summed E-state index contributed by atoms with van der Waals surface area (Å²) in [5, 5.41) is 21.1. The van der Waals surface area contributed by atoms with E-state index in [0.717, 1.165) is 0 Å². The molecule has 0 aliphatic heterocycles. The molecular formula is C23H20FN3O4. The number of aromatic nitrogens is 2. The first-order valence-corrected chi connectivity index (χ1v) is 9.61. The first kappa shape index (κ1) is 20.5. The van der Waals surface area contributed by atoms with Gasteiger partial charge in [0.1, 0.15) is 35.6 Å². The van der Waals surface area contributed by atoms with E-state index in [1.165, 1.54) is 12.1 Å². The highest BCUT2D eigenvalue weighted by molar-refractivity contribution is 6.11. The lowest BCUT2D eigenvalue weighted by Crippen LogP contribution is -2.21. The average Bonchev–Trinajstić information content (AvgIpc) is 3.22. The molecular weight excluding hydrogens is 401 g/mol. The van der Waals surface area contributed by atoms with Crippen LogP contribution in [0.1, 0.15) is 10.4 Å². The molecule has 1 aromatic heterocycles. The fourth-order valence-electron chi connectivity index (χ4n) is 3.10. The Kier molecular flexibility index (Phi) is 5.92. The predicted octanol–water partition coefficient (Wildman–Crippen LogP) is 3.35. The second-order valence-electron chi connectivity index (χ2n) is 6.93. The summed E-state index contributed by atoms with van der Waals surface area (Å²) in [4.78, 5) is 20.5. The topological polar surface area (TPSA) is 107 Å². The molecule has 0 aliphatic carbocycles. The zero-order valence-electron chi connectivity index (χ0n) is 16.4. The number of aliphatic hydroxyl groups excluding tert-OH is 2. The van der Waals surface area contributed by atoms with Crippen LogP contribution in [0.25, 0.3) is 22.4 Å². The zero-order valence-corrected chi connectivity index (χ0v) is 16.4. The number of fused-ring (bicyclic) bond motifs is 1. The summed E-state index contributed by atoms with van der Waals surface area (Å²) in [5.41, 5.74) is 2.56. The van der Waals surface area contributed by atoms with Gasteiger partial charge < -0.3 is 25.3 Å². The summed E-state index contributed by atoms with van der Waals surface area (Å²) in [5.74, 6) is 0.171. The van der Waals surface area contributed by atoms with Gasteiger partial charge in [-0.1, -0.05) is 24.3 Å². The predicted molar refractivity (Wildman–Crippen MR) is 114 cm³/mol. The second-order valence-corrected chi connectivity index (χ2v) is 6.93. The Bertz CT molecular complexity index is 1220. The van der Waals surface area contributed by atoms with Crippen LogP contribution in [0.15, 0.2) is 66.7 Å². The van der Waals surface area contributed by atoms with Crippen molar-refractivity contribution < 1.29 is 24.1 Å². The summed E-state index contributed by atoms with van der Waals surface area (Å²) < 4.78 is 19.0. The summed E-state index contributed by atoms with van der Waals surface area (Å²) >= 11 is 0. The van der Waals surface area contributed by atoms with Crippen molar-refractivity contribution in [2.45, 2.75) is 6.10 Å². The van der Waals surface area contributed by atoms with Crippen molar-refractivity contribution in [3.05, 3.63) is 78.1 Å². The van der Waals surface area contributed by atoms with Crippen LogP contribution in [0.3, 0.4) is 0 Å². The molecule has 0 saturated carbocycles. The number of H-pyrrole nitrogens is 1. The lowest BCUT2D eigenvalue weighted by atomic mass is 10.1. The summed E-state index contributed by atoms with van der Waals surface area (Å²) in [6.07, 6.45) is -0.984. The van der Waals surface area contributed by atoms with Crippen molar-refractivity contribution in [2.24, 2.45) is 0 Å². The quantitative estimate of drug-likeness (QED) is 0.366. The zero-order chi connectivity index (χ0) is 21.8. The van der Waals surface area contributed by atoms with Crippen LogP contribution in [-0.4, -0.2) is 45.4 Å². The maximum atomic E-state index is 13.6. The van der Waals surface area contributed by atoms with Gasteiger partial charge >= 0.3 is 0 Å². The standard InChI is InChI=1S/C23H20FN3O4/c24-15-5-1-4-14(10-15)22-26-20-9-3-8-19(21(20)27-22)23(30)25-16-6-2-7-18(11-16)31-13-17(29)12-28/h1-11,17,28-29H,12-13H2,(H,25,30)(H,26,27). The minimum atomic E-state index is -0.984. The molecule has 158 valence electrons. The van der Waals surface area contributed by atoms with Gasteiger partial charge in [0.25, 0.3) is 5.91 Å². The highest BCUT2D eigenvalue weighted by atomic mass is 19.1. The van der Waals surface area contributed by atoms with Gasteiger partial charge in [0.15, 0.2) is 0 Å². The molecule has 0 aliphatic rings. The molecule has 4 aromatic rings. The number of nitrogens with zero attached hydrogens (tertiary/aromatic N) is 1. The van der Waals surface area contributed by atoms with Crippen LogP contribution >= 0.6 is 0 Å². The van der Waals surface area contributed by atoms with E-state index in [4.69, 9.17) is 9.84 Å². The largest absolute Gasteiger partial charge is 0.491 e. The highest BCUT2D eigenvalue weighted by Crippen LogP contribution is 2.25. The first-order chi connectivity index (χ1) is 15.0. The molecule has 0 bridgehead atoms. The number of hydrogen-bond donors (Lipinski definition) is 4. The first-order valence-electron chi connectivity index (χ1n) is 9.61. The number of aromatic amines is 1. The molecule has 0 saturated heterocycles. The van der Waals surface area contributed by atoms with E-state index in [1.807, 2.05) is 0 Å². The minimum absolute atomic E-state index is 0.0661. The third-order valence-electron chi connectivity index (χ3n) is 4.60. The Morgan fingerprint density at radius 2 is 1.94 bits per heavy atom. The number of imidazole rings is 1. The van der Waals surface area contributed by atoms with Crippen LogP contribution in [0.4, 0.5) is 10.1 Å². The number of nitrogens with one attached hydrogen (secondary N) is 2. The van der Waals surface area contributed by atoms with Crippen LogP contribution in [0.5, 0.6) is 5.75 Å². The number of aliphatic hydroxyl groups is 2. The SMILES string of the molecule is O=C(Nc1cccc(OCC(O)CO)c1)c1cccc2[nH]c(-c3cccc(F)c3)nc12. The number of benzene rings is 3. The normalized spacial score (nSPS) is 12.0. The third kappa shape index (κ3) is 4.71. The van der Waals surface area contributed by atoms with E-state index in [9.17, 15) is 14.3 Å². The van der Waals surface area contributed by atoms with Crippen molar-refractivity contribution in [2.75, 3.05) is 18.5 Å². The molecule has 0 fully saturated rings. The van der Waals surface area contributed by atoms with Crippen LogP contribution < -0.4 is 10.1 Å². The summed E-state index contributed by atoms with van der Waals surface area (Å²) in [7, 11) is 0. The highest BCUT2D eigenvalue weighted by Gasteiger charge is 2.15. The van der Waals surface area contributed by atoms with Gasteiger partial charge in [0.05, 0.1) is 17.7 Å². The average molecular weight is 421 g/mol. The van der Waals surface area contributed by atoms with E-state index in [0.29, 0.717) is 39.4 Å². The van der Waals surface area contributed by atoms with Crippen LogP contribution in [-0.2, 0) is 0 Å². The molecule has 1 unspecified atom stereocenters. The Hall–Kier alpha value is -3.75. The molecule has 1 atom stereocenters. The van der Waals surface area contributed by atoms with Crippen molar-refractivity contribution in [1.82, 2.24) is 9.97 Å². The number of carbonyl (C=O) groups is 1. The number of carbonyl (C=O) groups excluding carboxylic acids is 1. The molecule has 1 heterocycles. The van der Waals surface area contributed by atoms with Crippen molar-refractivity contribution >= 4 is 22.6 Å². The molecule has 1 amide bonds. The number of halogens is 1. The molecule has 31 heavy (non-hydrogen) atoms. The molecule has 8 heteroatoms. The van der Waals surface area contributed by atoms with E-state index < -0.39 is 12.7 Å². The van der Waals surface area contributed by atoms with Gasteiger partial charge in [-0.2, -0.15) is 0 Å². The Balaban J connectivity index is 1.57. The number of amides is 1. The fourth-order valence-corrected chi connectivity index (χ4v) is 3.10. The molecule has 3 aromatic carbocycles. The second kappa shape index (κ2) is 8.95. The lowest BCUT2D eigenvalue weighted by molar-refractivity contribution is 0.0536. The number of hydrogen-bond acceptors (Lipinski definition) is 5.